The molecular weight excluding hydrogens is 242 g/mol. The highest BCUT2D eigenvalue weighted by Crippen LogP contribution is 2.04. The number of rotatable bonds is 5. The molecule has 0 heterocycles. The highest BCUT2D eigenvalue weighted by molar-refractivity contribution is 5.94. The van der Waals surface area contributed by atoms with Gasteiger partial charge >= 0.3 is 5.97 Å². The normalized spacial score (nSPS) is 12.4. The highest BCUT2D eigenvalue weighted by atomic mass is 16.5. The van der Waals surface area contributed by atoms with Crippen LogP contribution in [-0.2, 0) is 14.3 Å². The Labute approximate surface area is 113 Å². The van der Waals surface area contributed by atoms with E-state index in [1.165, 1.54) is 13.2 Å². The Morgan fingerprint density at radius 1 is 1.21 bits per heavy atom. The fourth-order valence-corrected chi connectivity index (χ4v) is 1.56. The molecule has 1 atom stereocenters. The van der Waals surface area contributed by atoms with Crippen molar-refractivity contribution in [1.82, 2.24) is 5.32 Å². The van der Waals surface area contributed by atoms with Gasteiger partial charge in [-0.1, -0.05) is 44.2 Å². The summed E-state index contributed by atoms with van der Waals surface area (Å²) in [6, 6.07) is 8.85. The average Bonchev–Trinajstić information content (AvgIpc) is 2.42. The zero-order valence-electron chi connectivity index (χ0n) is 11.4. The Kier molecular flexibility index (Phi) is 5.79. The van der Waals surface area contributed by atoms with Gasteiger partial charge in [0.25, 0.3) is 0 Å². The summed E-state index contributed by atoms with van der Waals surface area (Å²) < 4.78 is 4.66. The van der Waals surface area contributed by atoms with E-state index in [0.717, 1.165) is 5.56 Å². The molecule has 0 aromatic heterocycles. The van der Waals surface area contributed by atoms with E-state index >= 15 is 0 Å². The van der Waals surface area contributed by atoms with Gasteiger partial charge in [0.2, 0.25) is 5.91 Å². The maximum absolute atomic E-state index is 11.7. The second-order valence-electron chi connectivity index (χ2n) is 4.50. The van der Waals surface area contributed by atoms with Gasteiger partial charge in [0, 0.05) is 6.08 Å². The van der Waals surface area contributed by atoms with Crippen molar-refractivity contribution in [2.45, 2.75) is 19.9 Å². The molecule has 0 radical (unpaired) electrons. The second-order valence-corrected chi connectivity index (χ2v) is 4.50. The molecule has 0 aliphatic rings. The first-order chi connectivity index (χ1) is 9.04. The summed E-state index contributed by atoms with van der Waals surface area (Å²) in [5, 5.41) is 2.64. The van der Waals surface area contributed by atoms with Crippen LogP contribution in [0.15, 0.2) is 36.4 Å². The van der Waals surface area contributed by atoms with Gasteiger partial charge in [-0.2, -0.15) is 0 Å². The topological polar surface area (TPSA) is 55.4 Å². The summed E-state index contributed by atoms with van der Waals surface area (Å²) >= 11 is 0. The Morgan fingerprint density at radius 2 is 1.84 bits per heavy atom. The molecule has 19 heavy (non-hydrogen) atoms. The van der Waals surface area contributed by atoms with Crippen molar-refractivity contribution in [3.63, 3.8) is 0 Å². The molecule has 0 fully saturated rings. The summed E-state index contributed by atoms with van der Waals surface area (Å²) in [5.74, 6) is -0.772. The molecule has 4 heteroatoms. The Bertz CT molecular complexity index is 452. The Balaban J connectivity index is 2.63. The third-order valence-corrected chi connectivity index (χ3v) is 2.65. The number of hydrogen-bond acceptors (Lipinski definition) is 3. The van der Waals surface area contributed by atoms with E-state index in [1.807, 2.05) is 44.2 Å². The molecular formula is C15H19NO3. The zero-order chi connectivity index (χ0) is 14.3. The number of benzene rings is 1. The summed E-state index contributed by atoms with van der Waals surface area (Å²) in [6.07, 6.45) is 3.11. The molecule has 1 unspecified atom stereocenters. The van der Waals surface area contributed by atoms with Crippen LogP contribution >= 0.6 is 0 Å². The first-order valence-corrected chi connectivity index (χ1v) is 6.16. The minimum Gasteiger partial charge on any atom is -0.467 e. The molecule has 4 nitrogen and oxygen atoms in total. The number of methoxy groups -OCH3 is 1. The number of ether oxygens (including phenoxy) is 1. The van der Waals surface area contributed by atoms with E-state index in [1.54, 1.807) is 6.08 Å². The minimum absolute atomic E-state index is 0.0264. The predicted octanol–water partition coefficient (Wildman–Crippen LogP) is 2.01. The van der Waals surface area contributed by atoms with Gasteiger partial charge in [-0.3, -0.25) is 4.79 Å². The number of carbonyl (C=O) groups excluding carboxylic acids is 2. The lowest BCUT2D eigenvalue weighted by Gasteiger charge is -2.18. The number of nitrogens with one attached hydrogen (secondary N) is 1. The van der Waals surface area contributed by atoms with Crippen molar-refractivity contribution in [1.29, 1.82) is 0 Å². The lowest BCUT2D eigenvalue weighted by atomic mass is 10.0. The molecule has 1 aromatic rings. The van der Waals surface area contributed by atoms with E-state index in [9.17, 15) is 9.59 Å². The van der Waals surface area contributed by atoms with Crippen LogP contribution in [-0.4, -0.2) is 25.0 Å². The van der Waals surface area contributed by atoms with Gasteiger partial charge in [-0.05, 0) is 17.6 Å². The molecule has 0 saturated heterocycles. The van der Waals surface area contributed by atoms with Crippen LogP contribution < -0.4 is 5.32 Å². The monoisotopic (exact) mass is 261 g/mol. The van der Waals surface area contributed by atoms with E-state index in [-0.39, 0.29) is 11.8 Å². The van der Waals surface area contributed by atoms with Crippen LogP contribution in [0.4, 0.5) is 0 Å². The number of esters is 1. The van der Waals surface area contributed by atoms with Gasteiger partial charge in [0.05, 0.1) is 7.11 Å². The molecule has 0 aliphatic carbocycles. The molecule has 0 aliphatic heterocycles. The molecule has 0 saturated carbocycles. The van der Waals surface area contributed by atoms with Crippen LogP contribution in [0.3, 0.4) is 0 Å². The van der Waals surface area contributed by atoms with Crippen molar-refractivity contribution in [2.24, 2.45) is 5.92 Å². The molecule has 1 N–H and O–H groups in total. The van der Waals surface area contributed by atoms with E-state index < -0.39 is 12.0 Å². The van der Waals surface area contributed by atoms with Gasteiger partial charge in [0.1, 0.15) is 6.04 Å². The number of hydrogen-bond donors (Lipinski definition) is 1. The van der Waals surface area contributed by atoms with Crippen molar-refractivity contribution in [2.75, 3.05) is 7.11 Å². The summed E-state index contributed by atoms with van der Waals surface area (Å²) in [5.41, 5.74) is 0.928. The Morgan fingerprint density at radius 3 is 2.37 bits per heavy atom. The Hall–Kier alpha value is -2.10. The molecule has 1 amide bonds. The van der Waals surface area contributed by atoms with Crippen molar-refractivity contribution in [3.05, 3.63) is 42.0 Å². The fourth-order valence-electron chi connectivity index (χ4n) is 1.56. The first-order valence-electron chi connectivity index (χ1n) is 6.16. The summed E-state index contributed by atoms with van der Waals surface area (Å²) in [7, 11) is 1.31. The molecule has 102 valence electrons. The van der Waals surface area contributed by atoms with Crippen LogP contribution in [0.5, 0.6) is 0 Å². The van der Waals surface area contributed by atoms with Crippen molar-refractivity contribution in [3.8, 4) is 0 Å². The fraction of sp³-hybridized carbons (Fsp3) is 0.333. The molecule has 0 bridgehead atoms. The van der Waals surface area contributed by atoms with Gasteiger partial charge in [-0.25, -0.2) is 4.79 Å². The average molecular weight is 261 g/mol. The van der Waals surface area contributed by atoms with E-state index in [2.05, 4.69) is 10.1 Å². The first kappa shape index (κ1) is 15.0. The van der Waals surface area contributed by atoms with Gasteiger partial charge in [0.15, 0.2) is 0 Å². The summed E-state index contributed by atoms with van der Waals surface area (Å²) in [6.45, 7) is 3.70. The number of amides is 1. The van der Waals surface area contributed by atoms with Crippen LogP contribution in [0, 0.1) is 5.92 Å². The maximum atomic E-state index is 11.7. The zero-order valence-corrected chi connectivity index (χ0v) is 11.4. The maximum Gasteiger partial charge on any atom is 0.328 e. The van der Waals surface area contributed by atoms with E-state index in [0.29, 0.717) is 0 Å². The largest absolute Gasteiger partial charge is 0.467 e. The van der Waals surface area contributed by atoms with Crippen LogP contribution in [0.1, 0.15) is 19.4 Å². The van der Waals surface area contributed by atoms with E-state index in [4.69, 9.17) is 0 Å². The number of carbonyl (C=O) groups is 2. The minimum atomic E-state index is -0.627. The quantitative estimate of drug-likeness (QED) is 0.651. The summed E-state index contributed by atoms with van der Waals surface area (Å²) in [4.78, 5) is 23.2. The molecule has 0 spiro atoms. The lowest BCUT2D eigenvalue weighted by molar-refractivity contribution is -0.145. The second kappa shape index (κ2) is 7.36. The standard InChI is InChI=1S/C15H19NO3/c1-11(2)14(15(18)19-3)16-13(17)10-9-12-7-5-4-6-8-12/h4-11,14H,1-3H3,(H,16,17)/b10-9+. The van der Waals surface area contributed by atoms with Gasteiger partial charge in [-0.15, -0.1) is 0 Å². The van der Waals surface area contributed by atoms with Crippen LogP contribution in [0.25, 0.3) is 6.08 Å². The van der Waals surface area contributed by atoms with Crippen molar-refractivity contribution >= 4 is 18.0 Å². The lowest BCUT2D eigenvalue weighted by Crippen LogP contribution is -2.44. The molecule has 1 aromatic carbocycles. The highest BCUT2D eigenvalue weighted by Gasteiger charge is 2.23. The van der Waals surface area contributed by atoms with Gasteiger partial charge < -0.3 is 10.1 Å². The van der Waals surface area contributed by atoms with Crippen molar-refractivity contribution < 1.29 is 14.3 Å². The third-order valence-electron chi connectivity index (χ3n) is 2.65. The predicted molar refractivity (Wildman–Crippen MR) is 74.3 cm³/mol. The third kappa shape index (κ3) is 4.95. The van der Waals surface area contributed by atoms with Crippen LogP contribution in [0.2, 0.25) is 0 Å². The SMILES string of the molecule is COC(=O)C(NC(=O)/C=C/c1ccccc1)C(C)C. The molecule has 1 rings (SSSR count). The smallest absolute Gasteiger partial charge is 0.328 e.